The van der Waals surface area contributed by atoms with Gasteiger partial charge in [-0.3, -0.25) is 10.1 Å². The molecule has 0 bridgehead atoms. The summed E-state index contributed by atoms with van der Waals surface area (Å²) in [4.78, 5) is 35.8. The number of carbonyl (C=O) groups excluding carboxylic acids is 2. The monoisotopic (exact) mass is 368 g/mol. The second-order valence-electron chi connectivity index (χ2n) is 6.87. The van der Waals surface area contributed by atoms with Gasteiger partial charge in [-0.25, -0.2) is 9.59 Å². The quantitative estimate of drug-likeness (QED) is 0.304. The van der Waals surface area contributed by atoms with Crippen molar-refractivity contribution in [3.05, 3.63) is 12.2 Å². The zero-order valence-electron chi connectivity index (χ0n) is 14.9. The Bertz CT molecular complexity index is 530. The van der Waals surface area contributed by atoms with Gasteiger partial charge in [-0.15, -0.1) is 0 Å². The fourth-order valence-corrected chi connectivity index (χ4v) is 3.57. The molecule has 2 atom stereocenters. The van der Waals surface area contributed by atoms with Gasteiger partial charge in [0.2, 0.25) is 0 Å². The smallest absolute Gasteiger partial charge is 0.329 e. The number of aliphatic hydroxyl groups is 1. The predicted molar refractivity (Wildman–Crippen MR) is 93.4 cm³/mol. The van der Waals surface area contributed by atoms with Crippen LogP contribution in [-0.4, -0.2) is 64.9 Å². The topological polar surface area (TPSA) is 116 Å². The van der Waals surface area contributed by atoms with Crippen LogP contribution in [0.2, 0.25) is 0 Å². The number of aliphatic carboxylic acids is 1. The summed E-state index contributed by atoms with van der Waals surface area (Å²) in [5.74, 6) is -1.10. The molecule has 3 amide bonds. The van der Waals surface area contributed by atoms with Crippen LogP contribution in [0.3, 0.4) is 0 Å². The molecule has 1 aliphatic heterocycles. The fourth-order valence-electron chi connectivity index (χ4n) is 3.57. The van der Waals surface area contributed by atoms with Gasteiger partial charge in [-0.1, -0.05) is 31.4 Å². The summed E-state index contributed by atoms with van der Waals surface area (Å²) in [5, 5.41) is 21.2. The first-order valence-corrected chi connectivity index (χ1v) is 9.23. The van der Waals surface area contributed by atoms with Crippen molar-refractivity contribution in [1.82, 2.24) is 10.2 Å². The van der Waals surface area contributed by atoms with E-state index >= 15 is 0 Å². The van der Waals surface area contributed by atoms with E-state index in [1.807, 2.05) is 0 Å². The van der Waals surface area contributed by atoms with Crippen LogP contribution in [0.15, 0.2) is 12.2 Å². The molecule has 1 saturated carbocycles. The summed E-state index contributed by atoms with van der Waals surface area (Å²) in [7, 11) is 0. The van der Waals surface area contributed by atoms with Gasteiger partial charge in [0.05, 0.1) is 12.7 Å². The van der Waals surface area contributed by atoms with E-state index < -0.39 is 24.1 Å². The van der Waals surface area contributed by atoms with E-state index in [9.17, 15) is 19.5 Å². The van der Waals surface area contributed by atoms with E-state index in [4.69, 9.17) is 9.84 Å². The molecule has 0 aromatic rings. The third kappa shape index (κ3) is 6.10. The molecule has 1 saturated heterocycles. The summed E-state index contributed by atoms with van der Waals surface area (Å²) in [6.45, 7) is 0.0934. The van der Waals surface area contributed by atoms with E-state index in [-0.39, 0.29) is 25.0 Å². The van der Waals surface area contributed by atoms with Crippen molar-refractivity contribution in [3.8, 4) is 0 Å². The van der Waals surface area contributed by atoms with Gasteiger partial charge in [0.25, 0.3) is 5.91 Å². The number of ether oxygens (including phenoxy) is 1. The van der Waals surface area contributed by atoms with Crippen molar-refractivity contribution >= 4 is 17.9 Å². The number of carboxylic acids is 1. The van der Waals surface area contributed by atoms with Crippen molar-refractivity contribution < 1.29 is 29.3 Å². The molecule has 146 valence electrons. The Kier molecular flexibility index (Phi) is 8.06. The fraction of sp³-hybridized carbons (Fsp3) is 0.722. The lowest BCUT2D eigenvalue weighted by atomic mass is 9.84. The highest BCUT2D eigenvalue weighted by Crippen LogP contribution is 2.28. The van der Waals surface area contributed by atoms with Gasteiger partial charge in [-0.05, 0) is 31.6 Å². The normalized spacial score (nSPS) is 22.8. The molecule has 2 fully saturated rings. The molecule has 3 N–H and O–H groups in total. The molecule has 8 nitrogen and oxygen atoms in total. The highest BCUT2D eigenvalue weighted by molar-refractivity contribution is 6.04. The Hall–Kier alpha value is -1.93. The molecule has 2 unspecified atom stereocenters. The molecule has 0 aromatic carbocycles. The average molecular weight is 368 g/mol. The Balaban J connectivity index is 1.78. The van der Waals surface area contributed by atoms with Crippen molar-refractivity contribution in [1.29, 1.82) is 0 Å². The summed E-state index contributed by atoms with van der Waals surface area (Å²) in [6, 6.07) is -1.02. The number of hydrogen-bond donors (Lipinski definition) is 3. The molecule has 2 rings (SSSR count). The number of nitrogens with zero attached hydrogens (tertiary/aromatic N) is 1. The van der Waals surface area contributed by atoms with E-state index in [0.717, 1.165) is 25.7 Å². The summed E-state index contributed by atoms with van der Waals surface area (Å²) >= 11 is 0. The largest absolute Gasteiger partial charge is 0.480 e. The van der Waals surface area contributed by atoms with Gasteiger partial charge in [0.15, 0.2) is 0 Å². The number of amides is 3. The van der Waals surface area contributed by atoms with E-state index in [0.29, 0.717) is 19.4 Å². The van der Waals surface area contributed by atoms with E-state index in [1.54, 1.807) is 12.2 Å². The Labute approximate surface area is 153 Å². The number of rotatable bonds is 10. The SMILES string of the molecule is O=C(O)COC/C=C/CC1C(=O)NC(=O)N1CCC(O)C1CCCCC1. The average Bonchev–Trinajstić information content (AvgIpc) is 2.89. The Morgan fingerprint density at radius 1 is 1.27 bits per heavy atom. The zero-order valence-corrected chi connectivity index (χ0v) is 14.9. The first-order valence-electron chi connectivity index (χ1n) is 9.23. The van der Waals surface area contributed by atoms with E-state index in [2.05, 4.69) is 5.32 Å². The standard InChI is InChI=1S/C18H28N2O6/c21-15(13-6-2-1-3-7-13)9-10-20-14(17(24)19-18(20)25)8-4-5-11-26-12-16(22)23/h4-5,13-15,21H,1-3,6-12H2,(H,22,23)(H,19,24,25)/b5-4+. The van der Waals surface area contributed by atoms with Gasteiger partial charge >= 0.3 is 12.0 Å². The third-order valence-corrected chi connectivity index (χ3v) is 5.00. The van der Waals surface area contributed by atoms with Crippen molar-refractivity contribution in [2.75, 3.05) is 19.8 Å². The third-order valence-electron chi connectivity index (χ3n) is 5.00. The highest BCUT2D eigenvalue weighted by atomic mass is 16.5. The number of hydrogen-bond acceptors (Lipinski definition) is 5. The number of carboxylic acid groups (broad SMARTS) is 1. The molecule has 1 aliphatic carbocycles. The van der Waals surface area contributed by atoms with E-state index in [1.165, 1.54) is 11.3 Å². The maximum Gasteiger partial charge on any atom is 0.329 e. The Morgan fingerprint density at radius 3 is 2.69 bits per heavy atom. The molecule has 0 spiro atoms. The van der Waals surface area contributed by atoms with Crippen molar-refractivity contribution in [2.45, 2.75) is 57.1 Å². The second kappa shape index (κ2) is 10.3. The first-order chi connectivity index (χ1) is 12.5. The lowest BCUT2D eigenvalue weighted by Crippen LogP contribution is -2.38. The summed E-state index contributed by atoms with van der Waals surface area (Å²) in [6.07, 6.45) is 9.23. The predicted octanol–water partition coefficient (Wildman–Crippen LogP) is 1.29. The number of carbonyl (C=O) groups is 3. The van der Waals surface area contributed by atoms with Crippen LogP contribution in [0, 0.1) is 5.92 Å². The van der Waals surface area contributed by atoms with Crippen LogP contribution in [0.4, 0.5) is 4.79 Å². The minimum Gasteiger partial charge on any atom is -0.480 e. The maximum absolute atomic E-state index is 12.0. The van der Waals surface area contributed by atoms with Crippen LogP contribution in [0.5, 0.6) is 0 Å². The summed E-state index contributed by atoms with van der Waals surface area (Å²) in [5.41, 5.74) is 0. The highest BCUT2D eigenvalue weighted by Gasteiger charge is 2.37. The minimum absolute atomic E-state index is 0.134. The van der Waals surface area contributed by atoms with Crippen LogP contribution in [-0.2, 0) is 14.3 Å². The second-order valence-corrected chi connectivity index (χ2v) is 6.87. The van der Waals surface area contributed by atoms with Gasteiger partial charge in [0, 0.05) is 6.54 Å². The van der Waals surface area contributed by atoms with Crippen LogP contribution in [0.25, 0.3) is 0 Å². The molecular weight excluding hydrogens is 340 g/mol. The molecule has 2 aliphatic rings. The van der Waals surface area contributed by atoms with Crippen molar-refractivity contribution in [2.24, 2.45) is 5.92 Å². The molecule has 0 aromatic heterocycles. The lowest BCUT2D eigenvalue weighted by molar-refractivity contribution is -0.141. The maximum atomic E-state index is 12.0. The van der Waals surface area contributed by atoms with Crippen molar-refractivity contribution in [3.63, 3.8) is 0 Å². The lowest BCUT2D eigenvalue weighted by Gasteiger charge is -2.28. The minimum atomic E-state index is -1.04. The molecule has 26 heavy (non-hydrogen) atoms. The number of urea groups is 1. The number of nitrogens with one attached hydrogen (secondary N) is 1. The first kappa shape index (κ1) is 20.4. The zero-order chi connectivity index (χ0) is 18.9. The Morgan fingerprint density at radius 2 is 2.00 bits per heavy atom. The molecule has 0 radical (unpaired) electrons. The number of imide groups is 1. The van der Waals surface area contributed by atoms with Crippen LogP contribution in [0.1, 0.15) is 44.9 Å². The van der Waals surface area contributed by atoms with Gasteiger partial charge < -0.3 is 19.8 Å². The van der Waals surface area contributed by atoms with Crippen LogP contribution >= 0.6 is 0 Å². The van der Waals surface area contributed by atoms with Gasteiger partial charge in [0.1, 0.15) is 12.6 Å². The molecule has 8 heteroatoms. The van der Waals surface area contributed by atoms with Crippen LogP contribution < -0.4 is 5.32 Å². The number of aliphatic hydroxyl groups excluding tert-OH is 1. The molecular formula is C18H28N2O6. The molecule has 1 heterocycles. The summed E-state index contributed by atoms with van der Waals surface area (Å²) < 4.78 is 4.88. The van der Waals surface area contributed by atoms with Gasteiger partial charge in [-0.2, -0.15) is 0 Å².